The van der Waals surface area contributed by atoms with Gasteiger partial charge in [-0.2, -0.15) is 0 Å². The number of fused-ring (bicyclic) bond motifs is 1. The number of rotatable bonds is 11. The Balaban J connectivity index is 1.07. The second kappa shape index (κ2) is 15.6. The summed E-state index contributed by atoms with van der Waals surface area (Å²) >= 11 is 0. The van der Waals surface area contributed by atoms with Crippen LogP contribution in [0.5, 0.6) is 0 Å². The number of amides is 4. The van der Waals surface area contributed by atoms with E-state index in [1.807, 2.05) is 63.2 Å². The Hall–Kier alpha value is -4.17. The molecular formula is C42H58BN5O8. The molecule has 4 amide bonds. The molecule has 1 aromatic heterocycles. The molecular weight excluding hydrogens is 713 g/mol. The van der Waals surface area contributed by atoms with Crippen molar-refractivity contribution in [2.24, 2.45) is 22.7 Å². The van der Waals surface area contributed by atoms with E-state index in [-0.39, 0.29) is 37.0 Å². The zero-order chi connectivity index (χ0) is 40.0. The number of ether oxygens (including phenoxy) is 2. The van der Waals surface area contributed by atoms with Gasteiger partial charge >= 0.3 is 19.3 Å². The molecule has 0 spiro atoms. The quantitative estimate of drug-likeness (QED) is 0.285. The molecule has 0 unspecified atom stereocenters. The summed E-state index contributed by atoms with van der Waals surface area (Å²) in [7, 11) is -0.634. The van der Waals surface area contributed by atoms with Gasteiger partial charge in [0.1, 0.15) is 18.2 Å². The van der Waals surface area contributed by atoms with Crippen molar-refractivity contribution in [3.05, 3.63) is 65.5 Å². The zero-order valence-corrected chi connectivity index (χ0v) is 33.9. The number of hydrogen-bond donors (Lipinski definition) is 2. The van der Waals surface area contributed by atoms with Crippen molar-refractivity contribution < 1.29 is 38.0 Å². The van der Waals surface area contributed by atoms with Gasteiger partial charge in [0.25, 0.3) is 0 Å². The summed E-state index contributed by atoms with van der Waals surface area (Å²) in [5.41, 5.74) is 1.86. The van der Waals surface area contributed by atoms with Crippen molar-refractivity contribution in [3.63, 3.8) is 0 Å². The summed E-state index contributed by atoms with van der Waals surface area (Å²) in [4.78, 5) is 63.1. The minimum atomic E-state index is -1.05. The monoisotopic (exact) mass is 771 g/mol. The van der Waals surface area contributed by atoms with Crippen LogP contribution in [0.3, 0.4) is 0 Å². The van der Waals surface area contributed by atoms with Gasteiger partial charge in [0.05, 0.1) is 30.8 Å². The lowest BCUT2D eigenvalue weighted by Gasteiger charge is -2.64. The largest absolute Gasteiger partial charge is 0.481 e. The molecule has 3 aliphatic heterocycles. The van der Waals surface area contributed by atoms with Crippen LogP contribution in [0.15, 0.2) is 48.7 Å². The molecule has 4 heterocycles. The average molecular weight is 772 g/mol. The van der Waals surface area contributed by atoms with Crippen LogP contribution in [-0.2, 0) is 47.9 Å². The fraction of sp³-hybridized carbons (Fsp3) is 0.643. The lowest BCUT2D eigenvalue weighted by Crippen LogP contribution is -2.65. The molecule has 2 aromatic rings. The fourth-order valence-electron chi connectivity index (χ4n) is 9.76. The minimum Gasteiger partial charge on any atom is -0.449 e. The highest BCUT2D eigenvalue weighted by Gasteiger charge is 2.68. The maximum atomic E-state index is 14.6. The maximum Gasteiger partial charge on any atom is 0.481 e. The average Bonchev–Trinajstić information content (AvgIpc) is 3.88. The first-order valence-corrected chi connectivity index (χ1v) is 20.4. The Bertz CT molecular complexity index is 1760. The molecule has 302 valence electrons. The van der Waals surface area contributed by atoms with E-state index in [0.717, 1.165) is 36.1 Å². The normalized spacial score (nSPS) is 28.4. The van der Waals surface area contributed by atoms with E-state index in [0.29, 0.717) is 37.8 Å². The van der Waals surface area contributed by atoms with Gasteiger partial charge in [-0.05, 0) is 72.1 Å². The standard InChI is InChI=1S/C42H58BN5O8/c1-8-13-34(43-55-33-21-28-20-32(41(28,5)6)42(33,7)56-43)45-36(49)31-22-30(54-39(52)47-23-26-14-9-10-15-27(26)24-47)25-48(31)37(50)35(40(2,3)4)46-38(51)53-19-17-29-16-11-12-18-44-29/h9-12,14-16,18,28,30-35H,8,13,17,19-25H2,1-7H3,(H,45,49)(H,46,51)/t28-,30+,31-,32-,33+,34-,35+,42-/m0/s1. The number of alkyl carbamates (subject to hydrolysis) is 1. The molecule has 3 saturated carbocycles. The predicted octanol–water partition coefficient (Wildman–Crippen LogP) is 5.44. The summed E-state index contributed by atoms with van der Waals surface area (Å²) in [5, 5.41) is 6.00. The SMILES string of the molecule is CCC[C@H](NC(=O)[C@@H]1C[C@@H](OC(=O)N2Cc3ccccc3C2)CN1C(=O)[C@@H](NC(=O)OCCc1ccccn1)C(C)(C)C)B1O[C@@H]2C[C@@H]3C[C@@H](C3(C)C)[C@]2(C)O1. The number of hydrogen-bond acceptors (Lipinski definition) is 9. The Morgan fingerprint density at radius 3 is 2.36 bits per heavy atom. The summed E-state index contributed by atoms with van der Waals surface area (Å²) in [6.45, 7) is 15.3. The van der Waals surface area contributed by atoms with Crippen molar-refractivity contribution in [1.29, 1.82) is 0 Å². The van der Waals surface area contributed by atoms with Crippen LogP contribution in [0.1, 0.15) is 97.4 Å². The van der Waals surface area contributed by atoms with Gasteiger partial charge in [-0.25, -0.2) is 9.59 Å². The first-order chi connectivity index (χ1) is 26.6. The third-order valence-electron chi connectivity index (χ3n) is 13.1. The summed E-state index contributed by atoms with van der Waals surface area (Å²) in [6, 6.07) is 11.4. The summed E-state index contributed by atoms with van der Waals surface area (Å²) in [6.07, 6.45) is 3.56. The molecule has 0 radical (unpaired) electrons. The number of pyridine rings is 1. The number of carbonyl (C=O) groups excluding carboxylic acids is 4. The number of likely N-dealkylation sites (tertiary alicyclic amines) is 1. The molecule has 13 nitrogen and oxygen atoms in total. The Kier molecular flexibility index (Phi) is 11.2. The van der Waals surface area contributed by atoms with E-state index in [4.69, 9.17) is 18.8 Å². The minimum absolute atomic E-state index is 0.0143. The number of aromatic nitrogens is 1. The van der Waals surface area contributed by atoms with Crippen LogP contribution in [0.4, 0.5) is 9.59 Å². The highest BCUT2D eigenvalue weighted by atomic mass is 16.7. The second-order valence-corrected chi connectivity index (χ2v) is 18.3. The van der Waals surface area contributed by atoms with E-state index >= 15 is 0 Å². The van der Waals surface area contributed by atoms with Gasteiger partial charge in [0.2, 0.25) is 11.8 Å². The van der Waals surface area contributed by atoms with Gasteiger partial charge in [-0.3, -0.25) is 19.5 Å². The van der Waals surface area contributed by atoms with Crippen molar-refractivity contribution >= 4 is 31.1 Å². The maximum absolute atomic E-state index is 14.6. The molecule has 8 atom stereocenters. The van der Waals surface area contributed by atoms with Gasteiger partial charge in [-0.15, -0.1) is 0 Å². The molecule has 1 aromatic carbocycles. The van der Waals surface area contributed by atoms with E-state index < -0.39 is 60.4 Å². The van der Waals surface area contributed by atoms with Gasteiger partial charge in [0.15, 0.2) is 0 Å². The molecule has 2 bridgehead atoms. The van der Waals surface area contributed by atoms with Crippen LogP contribution in [0.2, 0.25) is 0 Å². The molecule has 6 aliphatic rings. The Labute approximate surface area is 331 Å². The van der Waals surface area contributed by atoms with Gasteiger partial charge < -0.3 is 34.3 Å². The molecule has 2 N–H and O–H groups in total. The van der Waals surface area contributed by atoms with Crippen molar-refractivity contribution in [2.45, 2.75) is 136 Å². The van der Waals surface area contributed by atoms with Gasteiger partial charge in [-0.1, -0.05) is 78.3 Å². The molecule has 56 heavy (non-hydrogen) atoms. The highest BCUT2D eigenvalue weighted by molar-refractivity contribution is 6.48. The first-order valence-electron chi connectivity index (χ1n) is 20.4. The fourth-order valence-corrected chi connectivity index (χ4v) is 9.76. The van der Waals surface area contributed by atoms with Crippen LogP contribution in [-0.4, -0.2) is 94.9 Å². The first kappa shape index (κ1) is 40.0. The van der Waals surface area contributed by atoms with Crippen molar-refractivity contribution in [2.75, 3.05) is 13.2 Å². The van der Waals surface area contributed by atoms with E-state index in [2.05, 4.69) is 43.3 Å². The zero-order valence-electron chi connectivity index (χ0n) is 33.9. The van der Waals surface area contributed by atoms with E-state index in [1.54, 1.807) is 11.1 Å². The Morgan fingerprint density at radius 1 is 1.00 bits per heavy atom. The summed E-state index contributed by atoms with van der Waals surface area (Å²) < 4.78 is 24.9. The summed E-state index contributed by atoms with van der Waals surface area (Å²) in [5.74, 6) is -0.351. The second-order valence-electron chi connectivity index (χ2n) is 18.3. The molecule has 2 saturated heterocycles. The topological polar surface area (TPSA) is 149 Å². The van der Waals surface area contributed by atoms with Gasteiger partial charge in [0, 0.05) is 37.8 Å². The van der Waals surface area contributed by atoms with Crippen LogP contribution >= 0.6 is 0 Å². The third kappa shape index (κ3) is 7.88. The van der Waals surface area contributed by atoms with Crippen LogP contribution in [0.25, 0.3) is 0 Å². The molecule has 5 fully saturated rings. The lowest BCUT2D eigenvalue weighted by molar-refractivity contribution is -0.199. The lowest BCUT2D eigenvalue weighted by atomic mass is 9.43. The smallest absolute Gasteiger partial charge is 0.449 e. The van der Waals surface area contributed by atoms with Crippen molar-refractivity contribution in [1.82, 2.24) is 25.4 Å². The molecule has 14 heteroatoms. The molecule has 8 rings (SSSR count). The predicted molar refractivity (Wildman–Crippen MR) is 209 cm³/mol. The Morgan fingerprint density at radius 2 is 1.71 bits per heavy atom. The van der Waals surface area contributed by atoms with Crippen LogP contribution < -0.4 is 10.6 Å². The highest BCUT2D eigenvalue weighted by Crippen LogP contribution is 2.65. The van der Waals surface area contributed by atoms with Crippen molar-refractivity contribution in [3.8, 4) is 0 Å². The third-order valence-corrected chi connectivity index (χ3v) is 13.1. The van der Waals surface area contributed by atoms with E-state index in [1.165, 1.54) is 4.90 Å². The molecule has 3 aliphatic carbocycles. The number of nitrogens with zero attached hydrogens (tertiary/aromatic N) is 3. The number of nitrogens with one attached hydrogen (secondary N) is 2. The van der Waals surface area contributed by atoms with Crippen LogP contribution in [0, 0.1) is 22.7 Å². The number of carbonyl (C=O) groups is 4. The van der Waals surface area contributed by atoms with E-state index in [9.17, 15) is 19.2 Å². The number of benzene rings is 1.